The number of carboxylic acid groups (broad SMARTS) is 1. The Kier molecular flexibility index (Phi) is 35.3. The first-order valence-corrected chi connectivity index (χ1v) is 21.3. The van der Waals surface area contributed by atoms with Gasteiger partial charge in [0.05, 0.1) is 40.3 Å². The van der Waals surface area contributed by atoms with E-state index < -0.39 is 24.3 Å². The molecule has 0 heterocycles. The number of unbranched alkanes of at least 4 members (excludes halogenated alkanes) is 15. The minimum absolute atomic E-state index is 0.143. The number of allylic oxidation sites excluding steroid dienone is 8. The van der Waals surface area contributed by atoms with Crippen LogP contribution in [-0.4, -0.2) is 82.3 Å². The Labute approximate surface area is 330 Å². The highest BCUT2D eigenvalue weighted by Gasteiger charge is 2.21. The molecule has 0 aromatic heterocycles. The van der Waals surface area contributed by atoms with Gasteiger partial charge in [0, 0.05) is 12.8 Å². The molecule has 0 saturated carbocycles. The molecule has 2 unspecified atom stereocenters. The van der Waals surface area contributed by atoms with E-state index in [2.05, 4.69) is 62.5 Å². The Hall–Kier alpha value is -2.75. The number of ether oxygens (including phenoxy) is 4. The standard InChI is InChI=1S/C45H79NO8/c1-6-8-10-12-14-16-18-20-21-22-23-24-26-28-30-32-34-36-43(48)54-41(40-53-45(44(49)50)51-38-37-46(3,4)5)39-52-42(47)35-33-31-29-27-25-19-17-15-13-11-9-7-2/h8,10,14-17,20-21,41,45H,6-7,9,11-13,18-19,22-40H2,1-5H3/b10-8-,16-14-,17-15-,21-20-. The van der Waals surface area contributed by atoms with Crippen LogP contribution in [0.15, 0.2) is 48.6 Å². The number of carboxylic acids is 1. The summed E-state index contributed by atoms with van der Waals surface area (Å²) in [6.45, 7) is 4.56. The van der Waals surface area contributed by atoms with Gasteiger partial charge in [-0.05, 0) is 70.6 Å². The van der Waals surface area contributed by atoms with Gasteiger partial charge in [-0.25, -0.2) is 0 Å². The van der Waals surface area contributed by atoms with Gasteiger partial charge >= 0.3 is 11.9 Å². The highest BCUT2D eigenvalue weighted by molar-refractivity contribution is 5.70. The van der Waals surface area contributed by atoms with Crippen molar-refractivity contribution in [3.05, 3.63) is 48.6 Å². The summed E-state index contributed by atoms with van der Waals surface area (Å²) in [5.41, 5.74) is 0. The third kappa shape index (κ3) is 37.6. The summed E-state index contributed by atoms with van der Waals surface area (Å²) in [7, 11) is 5.89. The van der Waals surface area contributed by atoms with E-state index in [1.807, 2.05) is 21.1 Å². The molecule has 0 rings (SSSR count). The molecular weight excluding hydrogens is 682 g/mol. The molecule has 0 bridgehead atoms. The molecule has 0 aliphatic carbocycles. The molecule has 0 N–H and O–H groups in total. The van der Waals surface area contributed by atoms with Gasteiger partial charge < -0.3 is 33.3 Å². The Bertz CT molecular complexity index is 1030. The number of rotatable bonds is 38. The first kappa shape index (κ1) is 51.2. The van der Waals surface area contributed by atoms with Crippen LogP contribution in [0.3, 0.4) is 0 Å². The Morgan fingerprint density at radius 1 is 0.574 bits per heavy atom. The molecule has 54 heavy (non-hydrogen) atoms. The van der Waals surface area contributed by atoms with E-state index in [9.17, 15) is 19.5 Å². The third-order valence-electron chi connectivity index (χ3n) is 8.81. The van der Waals surface area contributed by atoms with E-state index >= 15 is 0 Å². The predicted octanol–water partition coefficient (Wildman–Crippen LogP) is 9.49. The first-order valence-electron chi connectivity index (χ1n) is 21.3. The Morgan fingerprint density at radius 3 is 1.59 bits per heavy atom. The van der Waals surface area contributed by atoms with Gasteiger partial charge in [-0.2, -0.15) is 0 Å². The zero-order valence-electron chi connectivity index (χ0n) is 35.1. The summed E-state index contributed by atoms with van der Waals surface area (Å²) < 4.78 is 22.5. The van der Waals surface area contributed by atoms with Gasteiger partial charge in [0.2, 0.25) is 0 Å². The van der Waals surface area contributed by atoms with Gasteiger partial charge in [-0.1, -0.05) is 127 Å². The molecule has 0 aromatic rings. The van der Waals surface area contributed by atoms with Gasteiger partial charge in [0.25, 0.3) is 0 Å². The Balaban J connectivity index is 4.50. The van der Waals surface area contributed by atoms with Crippen molar-refractivity contribution in [1.82, 2.24) is 0 Å². The van der Waals surface area contributed by atoms with Crippen LogP contribution in [0.4, 0.5) is 0 Å². The van der Waals surface area contributed by atoms with E-state index in [1.54, 1.807) is 0 Å². The second kappa shape index (κ2) is 37.2. The van der Waals surface area contributed by atoms with E-state index in [-0.39, 0.29) is 38.6 Å². The molecule has 0 aliphatic rings. The molecule has 0 spiro atoms. The zero-order valence-corrected chi connectivity index (χ0v) is 35.1. The van der Waals surface area contributed by atoms with Gasteiger partial charge in [0.1, 0.15) is 13.2 Å². The molecule has 0 radical (unpaired) electrons. The lowest BCUT2D eigenvalue weighted by Gasteiger charge is -2.26. The average Bonchev–Trinajstić information content (AvgIpc) is 3.12. The lowest BCUT2D eigenvalue weighted by Crippen LogP contribution is -2.44. The van der Waals surface area contributed by atoms with Crippen LogP contribution in [0.5, 0.6) is 0 Å². The average molecular weight is 762 g/mol. The second-order valence-corrected chi connectivity index (χ2v) is 15.2. The van der Waals surface area contributed by atoms with Crippen molar-refractivity contribution in [2.24, 2.45) is 0 Å². The van der Waals surface area contributed by atoms with E-state index in [4.69, 9.17) is 18.9 Å². The number of nitrogens with zero attached hydrogens (tertiary/aromatic N) is 1. The number of quaternary nitrogens is 1. The number of carbonyl (C=O) groups is 3. The summed E-state index contributed by atoms with van der Waals surface area (Å²) >= 11 is 0. The Morgan fingerprint density at radius 2 is 1.06 bits per heavy atom. The number of hydrogen-bond donors (Lipinski definition) is 0. The van der Waals surface area contributed by atoms with E-state index in [0.717, 1.165) is 83.5 Å². The number of likely N-dealkylation sites (N-methyl/N-ethyl adjacent to an activating group) is 1. The first-order chi connectivity index (χ1) is 26.1. The molecule has 312 valence electrons. The molecule has 0 aliphatic heterocycles. The fourth-order valence-electron chi connectivity index (χ4n) is 5.48. The van der Waals surface area contributed by atoms with Crippen LogP contribution in [0.2, 0.25) is 0 Å². The quantitative estimate of drug-likeness (QED) is 0.0201. The molecule has 9 nitrogen and oxygen atoms in total. The van der Waals surface area contributed by atoms with E-state index in [0.29, 0.717) is 17.4 Å². The zero-order chi connectivity index (χ0) is 40.0. The topological polar surface area (TPSA) is 111 Å². The fourth-order valence-corrected chi connectivity index (χ4v) is 5.48. The number of aliphatic carboxylic acids is 1. The van der Waals surface area contributed by atoms with Crippen molar-refractivity contribution in [3.8, 4) is 0 Å². The van der Waals surface area contributed by atoms with Gasteiger partial charge in [-0.15, -0.1) is 0 Å². The van der Waals surface area contributed by atoms with Crippen LogP contribution in [0.1, 0.15) is 162 Å². The minimum atomic E-state index is -1.62. The van der Waals surface area contributed by atoms with Crippen molar-refractivity contribution in [2.75, 3.05) is 47.5 Å². The highest BCUT2D eigenvalue weighted by atomic mass is 16.7. The van der Waals surface area contributed by atoms with Crippen molar-refractivity contribution in [1.29, 1.82) is 0 Å². The molecule has 0 aromatic carbocycles. The van der Waals surface area contributed by atoms with Crippen LogP contribution in [-0.2, 0) is 33.3 Å². The largest absolute Gasteiger partial charge is 0.545 e. The summed E-state index contributed by atoms with van der Waals surface area (Å²) in [6.07, 6.45) is 38.5. The minimum Gasteiger partial charge on any atom is -0.545 e. The van der Waals surface area contributed by atoms with E-state index in [1.165, 1.54) is 44.9 Å². The summed E-state index contributed by atoms with van der Waals surface area (Å²) in [5, 5.41) is 11.7. The summed E-state index contributed by atoms with van der Waals surface area (Å²) in [5.74, 6) is -2.32. The second-order valence-electron chi connectivity index (χ2n) is 15.2. The lowest BCUT2D eigenvalue weighted by atomic mass is 10.1. The van der Waals surface area contributed by atoms with Crippen molar-refractivity contribution >= 4 is 17.9 Å². The number of esters is 2. The van der Waals surface area contributed by atoms with Crippen molar-refractivity contribution < 1.29 is 42.9 Å². The predicted molar refractivity (Wildman–Crippen MR) is 219 cm³/mol. The summed E-state index contributed by atoms with van der Waals surface area (Å²) in [4.78, 5) is 36.9. The van der Waals surface area contributed by atoms with Crippen LogP contribution < -0.4 is 5.11 Å². The smallest absolute Gasteiger partial charge is 0.306 e. The maximum Gasteiger partial charge on any atom is 0.306 e. The van der Waals surface area contributed by atoms with Crippen molar-refractivity contribution in [2.45, 2.75) is 174 Å². The molecule has 0 fully saturated rings. The van der Waals surface area contributed by atoms with Crippen LogP contribution >= 0.6 is 0 Å². The maximum atomic E-state index is 12.7. The molecule has 0 saturated heterocycles. The van der Waals surface area contributed by atoms with Crippen LogP contribution in [0.25, 0.3) is 0 Å². The molecular formula is C45H79NO8. The van der Waals surface area contributed by atoms with Crippen molar-refractivity contribution in [3.63, 3.8) is 0 Å². The number of hydrogen-bond acceptors (Lipinski definition) is 8. The number of carbonyl (C=O) groups excluding carboxylic acids is 3. The molecule has 2 atom stereocenters. The third-order valence-corrected chi connectivity index (χ3v) is 8.81. The molecule has 9 heteroatoms. The summed E-state index contributed by atoms with van der Waals surface area (Å²) in [6, 6.07) is 0. The highest BCUT2D eigenvalue weighted by Crippen LogP contribution is 2.13. The normalized spacial score (nSPS) is 13.4. The fraction of sp³-hybridized carbons (Fsp3) is 0.756. The monoisotopic (exact) mass is 762 g/mol. The SMILES string of the molecule is CC/C=C\C/C=C\C/C=C\CCCCCCCCCC(=O)OC(COC(=O)CCCCCCC/C=C\CCCCC)COC(OCC[N+](C)(C)C)C(=O)[O-]. The lowest BCUT2D eigenvalue weighted by molar-refractivity contribution is -0.870. The van der Waals surface area contributed by atoms with Gasteiger partial charge in [0.15, 0.2) is 12.4 Å². The van der Waals surface area contributed by atoms with Crippen LogP contribution in [0, 0.1) is 0 Å². The molecule has 0 amide bonds. The van der Waals surface area contributed by atoms with Gasteiger partial charge in [-0.3, -0.25) is 9.59 Å². The maximum absolute atomic E-state index is 12.7.